The summed E-state index contributed by atoms with van der Waals surface area (Å²) in [5.41, 5.74) is 0.686. The summed E-state index contributed by atoms with van der Waals surface area (Å²) in [5, 5.41) is 4.30. The highest BCUT2D eigenvalue weighted by Gasteiger charge is 2.19. The first-order valence-corrected chi connectivity index (χ1v) is 9.13. The van der Waals surface area contributed by atoms with E-state index in [9.17, 15) is 22.4 Å². The molecule has 29 heavy (non-hydrogen) atoms. The Morgan fingerprint density at radius 3 is 2.59 bits per heavy atom. The van der Waals surface area contributed by atoms with Crippen molar-refractivity contribution in [1.82, 2.24) is 4.98 Å². The second kappa shape index (κ2) is 8.91. The highest BCUT2D eigenvalue weighted by molar-refractivity contribution is 7.14. The summed E-state index contributed by atoms with van der Waals surface area (Å²) in [6.45, 7) is -1.56. The van der Waals surface area contributed by atoms with Gasteiger partial charge in [0, 0.05) is 17.0 Å². The van der Waals surface area contributed by atoms with Gasteiger partial charge >= 0.3 is 6.61 Å². The molecule has 1 amide bonds. The molecule has 0 radical (unpaired) electrons. The first-order valence-electron chi connectivity index (χ1n) is 8.26. The molecule has 10 heteroatoms. The number of rotatable bonds is 7. The number of amides is 1. The van der Waals surface area contributed by atoms with Gasteiger partial charge < -0.3 is 9.47 Å². The van der Waals surface area contributed by atoms with Crippen molar-refractivity contribution in [3.63, 3.8) is 0 Å². The molecule has 3 rings (SSSR count). The lowest BCUT2D eigenvalue weighted by Gasteiger charge is -2.13. The Morgan fingerprint density at radius 2 is 1.86 bits per heavy atom. The van der Waals surface area contributed by atoms with Gasteiger partial charge in [-0.15, -0.1) is 11.3 Å². The van der Waals surface area contributed by atoms with E-state index in [0.717, 1.165) is 23.5 Å². The van der Waals surface area contributed by atoms with Gasteiger partial charge in [0.25, 0.3) is 5.91 Å². The van der Waals surface area contributed by atoms with Crippen molar-refractivity contribution >= 4 is 22.4 Å². The normalized spacial score (nSPS) is 11.9. The lowest BCUT2D eigenvalue weighted by Crippen LogP contribution is -2.30. The minimum atomic E-state index is -2.98. The van der Waals surface area contributed by atoms with Crippen LogP contribution in [0.4, 0.5) is 22.7 Å². The molecule has 0 saturated carbocycles. The van der Waals surface area contributed by atoms with Crippen molar-refractivity contribution in [3.8, 4) is 22.8 Å². The molecule has 0 spiro atoms. The first kappa shape index (κ1) is 20.6. The number of thiazole rings is 1. The number of nitrogens with one attached hydrogen (secondary N) is 1. The van der Waals surface area contributed by atoms with Crippen LogP contribution in [-0.2, 0) is 4.79 Å². The van der Waals surface area contributed by atoms with Crippen LogP contribution < -0.4 is 14.8 Å². The number of alkyl halides is 2. The first-order chi connectivity index (χ1) is 13.8. The maximum Gasteiger partial charge on any atom is 0.387 e. The lowest BCUT2D eigenvalue weighted by atomic mass is 10.1. The summed E-state index contributed by atoms with van der Waals surface area (Å²) in [5.74, 6) is -2.75. The van der Waals surface area contributed by atoms with Gasteiger partial charge in [-0.1, -0.05) is 12.1 Å². The molecule has 2 aromatic carbocycles. The summed E-state index contributed by atoms with van der Waals surface area (Å²) >= 11 is 1.08. The molecule has 1 atom stereocenters. The van der Waals surface area contributed by atoms with E-state index in [4.69, 9.17) is 4.74 Å². The molecule has 0 aliphatic rings. The van der Waals surface area contributed by atoms with Crippen LogP contribution in [0.1, 0.15) is 6.92 Å². The van der Waals surface area contributed by atoms with Crippen molar-refractivity contribution in [3.05, 3.63) is 59.5 Å². The maximum absolute atomic E-state index is 13.2. The third-order valence-electron chi connectivity index (χ3n) is 3.69. The third kappa shape index (κ3) is 5.23. The van der Waals surface area contributed by atoms with Crippen molar-refractivity contribution < 1.29 is 31.8 Å². The van der Waals surface area contributed by atoms with E-state index in [1.165, 1.54) is 19.1 Å². The zero-order valence-corrected chi connectivity index (χ0v) is 15.7. The van der Waals surface area contributed by atoms with Gasteiger partial charge in [0.2, 0.25) is 0 Å². The molecule has 0 saturated heterocycles. The van der Waals surface area contributed by atoms with E-state index in [1.807, 2.05) is 0 Å². The number of hydrogen-bond donors (Lipinski definition) is 1. The fraction of sp³-hybridized carbons (Fsp3) is 0.158. The summed E-state index contributed by atoms with van der Waals surface area (Å²) in [7, 11) is 0. The molecule has 0 fully saturated rings. The number of anilines is 1. The number of para-hydroxylation sites is 1. The van der Waals surface area contributed by atoms with Crippen LogP contribution in [0.25, 0.3) is 11.3 Å². The minimum Gasteiger partial charge on any atom is -0.481 e. The molecule has 3 aromatic rings. The zero-order chi connectivity index (χ0) is 21.0. The zero-order valence-electron chi connectivity index (χ0n) is 14.9. The van der Waals surface area contributed by atoms with Crippen molar-refractivity contribution in [2.75, 3.05) is 5.32 Å². The van der Waals surface area contributed by atoms with Crippen molar-refractivity contribution in [2.45, 2.75) is 19.6 Å². The molecule has 0 bridgehead atoms. The Balaban J connectivity index is 1.68. The number of carbonyl (C=O) groups is 1. The SMILES string of the molecule is CC(Oc1ccc(F)c(F)c1)C(=O)Nc1nc(-c2ccccc2OC(F)F)cs1. The largest absolute Gasteiger partial charge is 0.481 e. The van der Waals surface area contributed by atoms with E-state index < -0.39 is 30.3 Å². The molecule has 0 aliphatic carbocycles. The summed E-state index contributed by atoms with van der Waals surface area (Å²) in [6.07, 6.45) is -1.03. The Hall–Kier alpha value is -3.14. The standard InChI is InChI=1S/C19H14F4N2O3S/c1-10(27-11-6-7-13(20)14(21)8-11)17(26)25-19-24-15(9-29-19)12-4-2-3-5-16(12)28-18(22)23/h2-10,18H,1H3,(H,24,25,26). The summed E-state index contributed by atoms with van der Waals surface area (Å²) in [4.78, 5) is 16.5. The molecule has 1 heterocycles. The molecular formula is C19H14F4N2O3S. The van der Waals surface area contributed by atoms with E-state index in [2.05, 4.69) is 15.0 Å². The Morgan fingerprint density at radius 1 is 1.10 bits per heavy atom. The Kier molecular flexibility index (Phi) is 6.32. The van der Waals surface area contributed by atoms with Gasteiger partial charge in [-0.3, -0.25) is 10.1 Å². The highest BCUT2D eigenvalue weighted by Crippen LogP contribution is 2.33. The van der Waals surface area contributed by atoms with Gasteiger partial charge in [-0.2, -0.15) is 8.78 Å². The average molecular weight is 426 g/mol. The number of carbonyl (C=O) groups excluding carboxylic acids is 1. The van der Waals surface area contributed by atoms with Crippen molar-refractivity contribution in [2.24, 2.45) is 0 Å². The van der Waals surface area contributed by atoms with Crippen LogP contribution in [0.3, 0.4) is 0 Å². The topological polar surface area (TPSA) is 60.5 Å². The Labute approximate surface area is 166 Å². The molecule has 1 unspecified atom stereocenters. The number of ether oxygens (including phenoxy) is 2. The number of aromatic nitrogens is 1. The lowest BCUT2D eigenvalue weighted by molar-refractivity contribution is -0.122. The van der Waals surface area contributed by atoms with E-state index >= 15 is 0 Å². The summed E-state index contributed by atoms with van der Waals surface area (Å²) < 4.78 is 61.1. The predicted molar refractivity (Wildman–Crippen MR) is 99.3 cm³/mol. The number of hydrogen-bond acceptors (Lipinski definition) is 5. The van der Waals surface area contributed by atoms with Crippen LogP contribution in [0.5, 0.6) is 11.5 Å². The molecule has 152 valence electrons. The monoisotopic (exact) mass is 426 g/mol. The molecule has 1 aromatic heterocycles. The van der Waals surface area contributed by atoms with Gasteiger partial charge in [-0.25, -0.2) is 13.8 Å². The molecule has 1 N–H and O–H groups in total. The Bertz CT molecular complexity index is 1010. The van der Waals surface area contributed by atoms with E-state index in [1.54, 1.807) is 23.6 Å². The molecular weight excluding hydrogens is 412 g/mol. The van der Waals surface area contributed by atoms with Gasteiger partial charge in [-0.05, 0) is 31.2 Å². The third-order valence-corrected chi connectivity index (χ3v) is 4.44. The number of halogens is 4. The van der Waals surface area contributed by atoms with Crippen LogP contribution in [-0.4, -0.2) is 23.6 Å². The van der Waals surface area contributed by atoms with Gasteiger partial charge in [0.1, 0.15) is 11.5 Å². The van der Waals surface area contributed by atoms with Crippen LogP contribution in [0.15, 0.2) is 47.8 Å². The van der Waals surface area contributed by atoms with Gasteiger partial charge in [0.05, 0.1) is 5.69 Å². The van der Waals surface area contributed by atoms with Crippen molar-refractivity contribution in [1.29, 1.82) is 0 Å². The second-order valence-electron chi connectivity index (χ2n) is 5.74. The van der Waals surface area contributed by atoms with Crippen LogP contribution >= 0.6 is 11.3 Å². The van der Waals surface area contributed by atoms with E-state index in [0.29, 0.717) is 11.3 Å². The summed E-state index contributed by atoms with van der Waals surface area (Å²) in [6, 6.07) is 9.06. The number of benzene rings is 2. The van der Waals surface area contributed by atoms with Crippen LogP contribution in [0, 0.1) is 11.6 Å². The maximum atomic E-state index is 13.2. The van der Waals surface area contributed by atoms with Gasteiger partial charge in [0.15, 0.2) is 22.9 Å². The van der Waals surface area contributed by atoms with E-state index in [-0.39, 0.29) is 16.6 Å². The second-order valence-corrected chi connectivity index (χ2v) is 6.60. The predicted octanol–water partition coefficient (Wildman–Crippen LogP) is 5.10. The molecule has 0 aliphatic heterocycles. The molecule has 5 nitrogen and oxygen atoms in total. The quantitative estimate of drug-likeness (QED) is 0.535. The minimum absolute atomic E-state index is 0.00977. The van der Waals surface area contributed by atoms with Crippen LogP contribution in [0.2, 0.25) is 0 Å². The average Bonchev–Trinajstić information content (AvgIpc) is 3.13. The fourth-order valence-corrected chi connectivity index (χ4v) is 3.06. The smallest absolute Gasteiger partial charge is 0.387 e. The number of nitrogens with zero attached hydrogens (tertiary/aromatic N) is 1. The highest BCUT2D eigenvalue weighted by atomic mass is 32.1. The fourth-order valence-electron chi connectivity index (χ4n) is 2.35.